The van der Waals surface area contributed by atoms with Gasteiger partial charge in [-0.3, -0.25) is 4.55 Å². The number of hydrogen-bond donors (Lipinski definition) is 1. The predicted octanol–water partition coefficient (Wildman–Crippen LogP) is 11.9. The van der Waals surface area contributed by atoms with E-state index in [0.717, 1.165) is 17.7 Å². The summed E-state index contributed by atoms with van der Waals surface area (Å²) in [5.41, 5.74) is 1.12. The summed E-state index contributed by atoms with van der Waals surface area (Å²) in [4.78, 5) is -1.04. The smallest absolute Gasteiger partial charge is 0.298 e. The van der Waals surface area contributed by atoms with E-state index in [1.54, 1.807) is 84.9 Å². The van der Waals surface area contributed by atoms with Crippen molar-refractivity contribution in [1.82, 2.24) is 0 Å². The zero-order valence-corrected chi connectivity index (χ0v) is 37.4. The lowest BCUT2D eigenvalue weighted by molar-refractivity contribution is 0.414. The Labute approximate surface area is 381 Å². The Morgan fingerprint density at radius 2 is 0.591 bits per heavy atom. The molecule has 0 heterocycles. The van der Waals surface area contributed by atoms with Crippen molar-refractivity contribution in [2.45, 2.75) is 31.4 Å². The molecule has 0 saturated carbocycles. The normalized spacial score (nSPS) is 11.6. The quantitative estimate of drug-likeness (QED) is 0.0906. The van der Waals surface area contributed by atoms with Gasteiger partial charge in [0.05, 0.1) is 26.7 Å². The molecule has 66 heavy (non-hydrogen) atoms. The molecule has 8 aromatic carbocycles. The highest BCUT2D eigenvalue weighted by atomic mass is 32.2. The second-order valence-electron chi connectivity index (χ2n) is 14.4. The molecule has 0 aromatic heterocycles. The fourth-order valence-electron chi connectivity index (χ4n) is 6.35. The average molecular weight is 943 g/mol. The fraction of sp³-hybridized carbons (Fsp3) is 0.0400. The monoisotopic (exact) mass is 942 g/mol. The Morgan fingerprint density at radius 1 is 0.333 bits per heavy atom. The minimum atomic E-state index is -4.96. The second kappa shape index (κ2) is 18.8. The average Bonchev–Trinajstić information content (AvgIpc) is 3.32. The summed E-state index contributed by atoms with van der Waals surface area (Å²) < 4.78 is 123. The zero-order chi connectivity index (χ0) is 46.5. The van der Waals surface area contributed by atoms with Crippen LogP contribution >= 0.6 is 0 Å². The lowest BCUT2D eigenvalue weighted by Gasteiger charge is -2.13. The maximum Gasteiger partial charge on any atom is 0.298 e. The lowest BCUT2D eigenvalue weighted by atomic mass is 10.2. The molecule has 334 valence electrons. The van der Waals surface area contributed by atoms with Crippen molar-refractivity contribution >= 4 is 29.8 Å². The first kappa shape index (κ1) is 45.0. The topological polar surface area (TPSA) is 178 Å². The van der Waals surface area contributed by atoms with E-state index in [0.29, 0.717) is 51.7 Å². The Hall–Kier alpha value is -7.63. The standard InChI is InChI=1S/C50H38O13S3/c1-34-3-5-36(6-4-34)59-37-7-11-39(12-8-37)62-43-23-29-47(30-24-43)65(53,54)48-31-32-49(50(33-48)66(55,56)57)63-44-17-15-41(16-18-44)60-38-9-13-40(14-10-38)61-42-21-27-46(28-22-42)64(51,52)45-25-19-35(58-2)20-26-45/h3-33H,1-2H3,(H,55,56,57). The molecule has 16 heteroatoms. The Morgan fingerprint density at radius 3 is 0.909 bits per heavy atom. The molecule has 0 aliphatic carbocycles. The maximum atomic E-state index is 13.6. The molecule has 0 unspecified atom stereocenters. The number of aryl methyl sites for hydroxylation is 1. The van der Waals surface area contributed by atoms with Crippen LogP contribution in [0.2, 0.25) is 0 Å². The first-order valence-corrected chi connectivity index (χ1v) is 24.3. The predicted molar refractivity (Wildman–Crippen MR) is 244 cm³/mol. The van der Waals surface area contributed by atoms with Gasteiger partial charge in [0.2, 0.25) is 19.7 Å². The van der Waals surface area contributed by atoms with Crippen LogP contribution in [-0.4, -0.2) is 36.9 Å². The van der Waals surface area contributed by atoms with E-state index in [4.69, 9.17) is 28.4 Å². The van der Waals surface area contributed by atoms with Gasteiger partial charge in [-0.2, -0.15) is 8.42 Å². The van der Waals surface area contributed by atoms with Gasteiger partial charge in [-0.15, -0.1) is 0 Å². The van der Waals surface area contributed by atoms with Crippen LogP contribution in [0.4, 0.5) is 0 Å². The van der Waals surface area contributed by atoms with E-state index in [1.807, 2.05) is 31.2 Å². The summed E-state index contributed by atoms with van der Waals surface area (Å²) in [6.07, 6.45) is 0. The number of rotatable bonds is 16. The summed E-state index contributed by atoms with van der Waals surface area (Å²) in [5.74, 6) is 4.29. The van der Waals surface area contributed by atoms with Gasteiger partial charge in [0.1, 0.15) is 68.1 Å². The molecule has 0 bridgehead atoms. The molecular weight excluding hydrogens is 905 g/mol. The highest BCUT2D eigenvalue weighted by Crippen LogP contribution is 2.36. The molecule has 0 spiro atoms. The third-order valence-electron chi connectivity index (χ3n) is 9.80. The molecule has 0 saturated heterocycles. The van der Waals surface area contributed by atoms with Crippen LogP contribution in [0, 0.1) is 6.92 Å². The number of benzene rings is 8. The number of hydrogen-bond acceptors (Lipinski definition) is 12. The molecule has 0 atom stereocenters. The number of sulfone groups is 2. The molecule has 0 amide bonds. The van der Waals surface area contributed by atoms with Gasteiger partial charge < -0.3 is 28.4 Å². The summed E-state index contributed by atoms with van der Waals surface area (Å²) >= 11 is 0. The van der Waals surface area contributed by atoms with Crippen LogP contribution < -0.4 is 28.4 Å². The molecule has 0 aliphatic heterocycles. The Bertz CT molecular complexity index is 3310. The van der Waals surface area contributed by atoms with Crippen LogP contribution in [0.1, 0.15) is 5.56 Å². The van der Waals surface area contributed by atoms with Crippen molar-refractivity contribution in [3.05, 3.63) is 194 Å². The minimum Gasteiger partial charge on any atom is -0.497 e. The summed E-state index contributed by atoms with van der Waals surface area (Å²) in [6.45, 7) is 1.99. The molecule has 8 aromatic rings. The molecule has 0 fully saturated rings. The summed E-state index contributed by atoms with van der Waals surface area (Å²) in [6, 6.07) is 48.3. The van der Waals surface area contributed by atoms with E-state index >= 15 is 0 Å². The highest BCUT2D eigenvalue weighted by molar-refractivity contribution is 7.92. The largest absolute Gasteiger partial charge is 0.497 e. The van der Waals surface area contributed by atoms with Crippen molar-refractivity contribution in [3.8, 4) is 63.2 Å². The van der Waals surface area contributed by atoms with Crippen LogP contribution in [0.3, 0.4) is 0 Å². The summed E-state index contributed by atoms with van der Waals surface area (Å²) in [7, 11) is -11.5. The van der Waals surface area contributed by atoms with Gasteiger partial charge in [-0.05, 0) is 183 Å². The third kappa shape index (κ3) is 10.7. The van der Waals surface area contributed by atoms with E-state index < -0.39 is 39.6 Å². The van der Waals surface area contributed by atoms with Crippen molar-refractivity contribution in [2.24, 2.45) is 0 Å². The minimum absolute atomic E-state index is 0.109. The van der Waals surface area contributed by atoms with Crippen LogP contribution in [0.25, 0.3) is 0 Å². The SMILES string of the molecule is COc1ccc(S(=O)(=O)c2ccc(Oc3ccc(Oc4ccc(Oc5ccc(S(=O)(=O)c6ccc(Oc7ccc(Oc8ccc(C)cc8)cc7)cc6)cc5S(=O)(=O)O)cc4)cc3)cc2)cc1. The molecule has 0 aliphatic rings. The van der Waals surface area contributed by atoms with Crippen LogP contribution in [-0.2, 0) is 29.8 Å². The van der Waals surface area contributed by atoms with Gasteiger partial charge in [0.25, 0.3) is 10.1 Å². The van der Waals surface area contributed by atoms with E-state index in [-0.39, 0.29) is 26.2 Å². The number of ether oxygens (including phenoxy) is 6. The summed E-state index contributed by atoms with van der Waals surface area (Å²) in [5, 5.41) is 0. The van der Waals surface area contributed by atoms with Gasteiger partial charge in [-0.1, -0.05) is 17.7 Å². The van der Waals surface area contributed by atoms with Crippen LogP contribution in [0.5, 0.6) is 63.2 Å². The molecule has 0 radical (unpaired) electrons. The van der Waals surface area contributed by atoms with E-state index in [2.05, 4.69) is 0 Å². The Balaban J connectivity index is 0.874. The molecule has 13 nitrogen and oxygen atoms in total. The van der Waals surface area contributed by atoms with Crippen molar-refractivity contribution in [3.63, 3.8) is 0 Å². The maximum absolute atomic E-state index is 13.6. The van der Waals surface area contributed by atoms with E-state index in [9.17, 15) is 29.8 Å². The molecule has 1 N–H and O–H groups in total. The van der Waals surface area contributed by atoms with Gasteiger partial charge in [0, 0.05) is 0 Å². The van der Waals surface area contributed by atoms with Gasteiger partial charge >= 0.3 is 0 Å². The Kier molecular flexibility index (Phi) is 12.8. The van der Waals surface area contributed by atoms with Crippen molar-refractivity contribution in [2.75, 3.05) is 7.11 Å². The van der Waals surface area contributed by atoms with Gasteiger partial charge in [-0.25, -0.2) is 16.8 Å². The van der Waals surface area contributed by atoms with Gasteiger partial charge in [0.15, 0.2) is 0 Å². The lowest BCUT2D eigenvalue weighted by Crippen LogP contribution is -2.06. The third-order valence-corrected chi connectivity index (χ3v) is 14.2. The zero-order valence-electron chi connectivity index (χ0n) is 35.0. The molecular formula is C50H38O13S3. The van der Waals surface area contributed by atoms with E-state index in [1.165, 1.54) is 73.8 Å². The fourth-order valence-corrected chi connectivity index (χ4v) is 9.61. The van der Waals surface area contributed by atoms with Crippen molar-refractivity contribution < 1.29 is 58.2 Å². The van der Waals surface area contributed by atoms with Crippen LogP contribution in [0.15, 0.2) is 213 Å². The van der Waals surface area contributed by atoms with Crippen molar-refractivity contribution in [1.29, 1.82) is 0 Å². The highest BCUT2D eigenvalue weighted by Gasteiger charge is 2.25. The first-order valence-electron chi connectivity index (χ1n) is 19.8. The first-order chi connectivity index (χ1) is 31.6. The molecule has 8 rings (SSSR count). The number of methoxy groups -OCH3 is 1. The second-order valence-corrected chi connectivity index (χ2v) is 19.7.